The van der Waals surface area contributed by atoms with Crippen molar-refractivity contribution in [2.75, 3.05) is 0 Å². The lowest BCUT2D eigenvalue weighted by Gasteiger charge is -1.83. The molecule has 0 amide bonds. The smallest absolute Gasteiger partial charge is 0.290 e. The molecule has 1 aromatic heterocycles. The Hall–Kier alpha value is -1.32. The lowest BCUT2D eigenvalue weighted by atomic mass is 10.7. The first-order chi connectivity index (χ1) is 4.79. The van der Waals surface area contributed by atoms with Gasteiger partial charge in [0.1, 0.15) is 0 Å². The molecule has 1 aromatic rings. The average Bonchev–Trinajstić information content (AvgIpc) is 2.57. The van der Waals surface area contributed by atoms with Crippen LogP contribution in [0.25, 0.3) is 0 Å². The number of carboxylic acid groups (broad SMARTS) is 1. The van der Waals surface area contributed by atoms with Crippen molar-refractivity contribution in [2.45, 2.75) is 6.42 Å². The SMILES string of the molecule is Cn1ncc2c1C2.O=CO. The van der Waals surface area contributed by atoms with Gasteiger partial charge in [0, 0.05) is 19.2 Å². The summed E-state index contributed by atoms with van der Waals surface area (Å²) in [5.41, 5.74) is 2.82. The number of hydrogen-bond acceptors (Lipinski definition) is 2. The number of hydrogen-bond donors (Lipinski definition) is 1. The van der Waals surface area contributed by atoms with Gasteiger partial charge < -0.3 is 5.11 Å². The maximum absolute atomic E-state index is 8.36. The Morgan fingerprint density at radius 1 is 1.90 bits per heavy atom. The molecule has 0 spiro atoms. The summed E-state index contributed by atoms with van der Waals surface area (Å²) in [6.07, 6.45) is 3.11. The summed E-state index contributed by atoms with van der Waals surface area (Å²) >= 11 is 0. The van der Waals surface area contributed by atoms with Crippen LogP contribution in [0.4, 0.5) is 0 Å². The minimum atomic E-state index is -0.250. The molecule has 0 radical (unpaired) electrons. The maximum Gasteiger partial charge on any atom is 0.290 e. The van der Waals surface area contributed by atoms with Crippen LogP contribution in [0.15, 0.2) is 6.20 Å². The van der Waals surface area contributed by atoms with E-state index in [0.29, 0.717) is 0 Å². The van der Waals surface area contributed by atoms with Crippen LogP contribution in [0.3, 0.4) is 0 Å². The molecule has 0 fully saturated rings. The number of aryl methyl sites for hydroxylation is 1. The second-order valence-electron chi connectivity index (χ2n) is 2.02. The third-order valence-corrected chi connectivity index (χ3v) is 1.38. The van der Waals surface area contributed by atoms with Gasteiger partial charge >= 0.3 is 0 Å². The Kier molecular flexibility index (Phi) is 1.71. The van der Waals surface area contributed by atoms with Gasteiger partial charge in [0.25, 0.3) is 6.47 Å². The minimum Gasteiger partial charge on any atom is -0.483 e. The lowest BCUT2D eigenvalue weighted by molar-refractivity contribution is -0.122. The van der Waals surface area contributed by atoms with Gasteiger partial charge in [-0.3, -0.25) is 9.48 Å². The van der Waals surface area contributed by atoms with E-state index < -0.39 is 0 Å². The third kappa shape index (κ3) is 1.15. The highest BCUT2D eigenvalue weighted by Crippen LogP contribution is 2.24. The third-order valence-electron chi connectivity index (χ3n) is 1.38. The Bertz CT molecular complexity index is 242. The summed E-state index contributed by atoms with van der Waals surface area (Å²) in [7, 11) is 1.98. The van der Waals surface area contributed by atoms with Gasteiger partial charge in [-0.2, -0.15) is 5.10 Å². The van der Waals surface area contributed by atoms with Crippen LogP contribution in [-0.4, -0.2) is 21.4 Å². The molecule has 1 heterocycles. The van der Waals surface area contributed by atoms with Crippen LogP contribution in [0, 0.1) is 0 Å². The predicted octanol–water partition coefficient (Wildman–Crippen LogP) is 0.0251. The molecule has 0 atom stereocenters. The van der Waals surface area contributed by atoms with Crippen LogP contribution in [0.2, 0.25) is 0 Å². The summed E-state index contributed by atoms with van der Waals surface area (Å²) in [5, 5.41) is 10.9. The van der Waals surface area contributed by atoms with Crippen LogP contribution in [0.5, 0.6) is 0 Å². The molecule has 0 aliphatic heterocycles. The first-order valence-electron chi connectivity index (χ1n) is 2.87. The van der Waals surface area contributed by atoms with E-state index in [-0.39, 0.29) is 6.47 Å². The summed E-state index contributed by atoms with van der Waals surface area (Å²) in [6, 6.07) is 0. The van der Waals surface area contributed by atoms with Crippen molar-refractivity contribution >= 4 is 6.47 Å². The van der Waals surface area contributed by atoms with E-state index in [9.17, 15) is 0 Å². The van der Waals surface area contributed by atoms with Crippen LogP contribution in [-0.2, 0) is 18.3 Å². The molecule has 1 aliphatic rings. The van der Waals surface area contributed by atoms with Crippen molar-refractivity contribution < 1.29 is 9.90 Å². The van der Waals surface area contributed by atoms with Crippen molar-refractivity contribution in [1.82, 2.24) is 9.78 Å². The van der Waals surface area contributed by atoms with E-state index >= 15 is 0 Å². The molecule has 1 N–H and O–H groups in total. The van der Waals surface area contributed by atoms with E-state index in [1.807, 2.05) is 17.9 Å². The molecule has 4 heteroatoms. The zero-order chi connectivity index (χ0) is 7.56. The Morgan fingerprint density at radius 2 is 2.50 bits per heavy atom. The number of aromatic nitrogens is 2. The van der Waals surface area contributed by atoms with Gasteiger partial charge in [-0.1, -0.05) is 0 Å². The number of nitrogens with zero attached hydrogens (tertiary/aromatic N) is 2. The summed E-state index contributed by atoms with van der Waals surface area (Å²) in [6.45, 7) is -0.250. The van der Waals surface area contributed by atoms with E-state index in [4.69, 9.17) is 9.90 Å². The van der Waals surface area contributed by atoms with Crippen LogP contribution >= 0.6 is 0 Å². The van der Waals surface area contributed by atoms with Gasteiger partial charge in [-0.15, -0.1) is 0 Å². The molecular weight excluding hydrogens is 132 g/mol. The standard InChI is InChI=1S/C5H6N2.CH2O2/c1-7-5-2-4(5)3-6-7;2-1-3/h3H,2H2,1H3;1H,(H,2,3). The molecule has 2 rings (SSSR count). The lowest BCUT2D eigenvalue weighted by Crippen LogP contribution is -1.89. The zero-order valence-corrected chi connectivity index (χ0v) is 5.61. The molecule has 4 nitrogen and oxygen atoms in total. The highest BCUT2D eigenvalue weighted by atomic mass is 16.3. The average molecular weight is 140 g/mol. The van der Waals surface area contributed by atoms with Gasteiger partial charge in [-0.25, -0.2) is 0 Å². The Labute approximate surface area is 58.1 Å². The highest BCUT2D eigenvalue weighted by Gasteiger charge is 2.20. The zero-order valence-electron chi connectivity index (χ0n) is 5.61. The van der Waals surface area contributed by atoms with E-state index in [2.05, 4.69) is 5.10 Å². The molecule has 0 unspecified atom stereocenters. The summed E-state index contributed by atoms with van der Waals surface area (Å²) in [4.78, 5) is 8.36. The maximum atomic E-state index is 8.36. The fourth-order valence-electron chi connectivity index (χ4n) is 0.805. The topological polar surface area (TPSA) is 55.1 Å². The van der Waals surface area contributed by atoms with Gasteiger partial charge in [-0.05, 0) is 5.56 Å². The van der Waals surface area contributed by atoms with Crippen molar-refractivity contribution in [2.24, 2.45) is 7.05 Å². The van der Waals surface area contributed by atoms with Crippen molar-refractivity contribution in [3.05, 3.63) is 17.5 Å². The van der Waals surface area contributed by atoms with E-state index in [1.165, 1.54) is 17.7 Å². The first-order valence-corrected chi connectivity index (χ1v) is 2.87. The first kappa shape index (κ1) is 6.80. The van der Waals surface area contributed by atoms with Crippen LogP contribution in [0.1, 0.15) is 11.3 Å². The molecule has 10 heavy (non-hydrogen) atoms. The number of fused-ring (bicyclic) bond motifs is 1. The van der Waals surface area contributed by atoms with Gasteiger partial charge in [0.05, 0.1) is 6.20 Å². The molecule has 0 saturated carbocycles. The molecule has 0 bridgehead atoms. The normalized spacial score (nSPS) is 10.9. The van der Waals surface area contributed by atoms with E-state index in [1.54, 1.807) is 0 Å². The Morgan fingerprint density at radius 3 is 2.60 bits per heavy atom. The molecule has 0 saturated heterocycles. The van der Waals surface area contributed by atoms with Gasteiger partial charge in [0.2, 0.25) is 0 Å². The predicted molar refractivity (Wildman–Crippen MR) is 34.7 cm³/mol. The molecule has 1 aliphatic carbocycles. The second kappa shape index (κ2) is 2.51. The largest absolute Gasteiger partial charge is 0.483 e. The fourth-order valence-corrected chi connectivity index (χ4v) is 0.805. The van der Waals surface area contributed by atoms with Crippen molar-refractivity contribution in [3.63, 3.8) is 0 Å². The highest BCUT2D eigenvalue weighted by molar-refractivity contribution is 5.37. The van der Waals surface area contributed by atoms with Crippen molar-refractivity contribution in [3.8, 4) is 0 Å². The summed E-state index contributed by atoms with van der Waals surface area (Å²) < 4.78 is 1.93. The number of carbonyl (C=O) groups is 1. The fraction of sp³-hybridized carbons (Fsp3) is 0.333. The Balaban J connectivity index is 0.000000148. The van der Waals surface area contributed by atoms with Gasteiger partial charge in [0.15, 0.2) is 0 Å². The molecular formula is C6H8N2O2. The van der Waals surface area contributed by atoms with Crippen molar-refractivity contribution in [1.29, 1.82) is 0 Å². The monoisotopic (exact) mass is 140 g/mol. The van der Waals surface area contributed by atoms with E-state index in [0.717, 1.165) is 0 Å². The van der Waals surface area contributed by atoms with Crippen LogP contribution < -0.4 is 0 Å². The minimum absolute atomic E-state index is 0.250. The molecule has 54 valence electrons. The molecule has 0 aromatic carbocycles. The second-order valence-corrected chi connectivity index (χ2v) is 2.02. The number of rotatable bonds is 0. The quantitative estimate of drug-likeness (QED) is 0.525. The summed E-state index contributed by atoms with van der Waals surface area (Å²) in [5.74, 6) is 0.